The van der Waals surface area contributed by atoms with E-state index in [1.54, 1.807) is 0 Å². The van der Waals surface area contributed by atoms with Crippen LogP contribution in [0.4, 0.5) is 0 Å². The molecule has 2 rings (SSSR count). The molecular weight excluding hydrogens is 312 g/mol. The quantitative estimate of drug-likeness (QED) is 0.846. The molecule has 106 valence electrons. The topological polar surface area (TPSA) is 24.9 Å². The van der Waals surface area contributed by atoms with Gasteiger partial charge in [-0.05, 0) is 55.6 Å². The number of rotatable bonds is 6. The van der Waals surface area contributed by atoms with Crippen LogP contribution in [0.3, 0.4) is 0 Å². The molecule has 0 aliphatic rings. The summed E-state index contributed by atoms with van der Waals surface area (Å²) in [6.07, 6.45) is 3.98. The van der Waals surface area contributed by atoms with E-state index in [-0.39, 0.29) is 0 Å². The van der Waals surface area contributed by atoms with Gasteiger partial charge in [0.2, 0.25) is 0 Å². The number of aromatic nitrogens is 1. The van der Waals surface area contributed by atoms with Crippen LogP contribution in [-0.4, -0.2) is 11.5 Å². The predicted molar refractivity (Wildman–Crippen MR) is 87.9 cm³/mol. The lowest BCUT2D eigenvalue weighted by molar-refractivity contribution is 0.525. The van der Waals surface area contributed by atoms with E-state index in [1.807, 2.05) is 12.3 Å². The molecule has 0 bridgehead atoms. The molecule has 1 aromatic heterocycles. The van der Waals surface area contributed by atoms with Crippen LogP contribution in [0.2, 0.25) is 0 Å². The molecule has 0 saturated heterocycles. The summed E-state index contributed by atoms with van der Waals surface area (Å²) in [6.45, 7) is 5.30. The van der Waals surface area contributed by atoms with E-state index < -0.39 is 0 Å². The molecule has 1 heterocycles. The average molecular weight is 333 g/mol. The summed E-state index contributed by atoms with van der Waals surface area (Å²) in [5.41, 5.74) is 3.74. The van der Waals surface area contributed by atoms with Crippen molar-refractivity contribution in [3.8, 4) is 0 Å². The van der Waals surface area contributed by atoms with E-state index in [2.05, 4.69) is 70.4 Å². The summed E-state index contributed by atoms with van der Waals surface area (Å²) in [6, 6.07) is 13.1. The van der Waals surface area contributed by atoms with Crippen molar-refractivity contribution >= 4 is 15.9 Å². The molecule has 0 radical (unpaired) electrons. The van der Waals surface area contributed by atoms with Crippen molar-refractivity contribution in [2.24, 2.45) is 0 Å². The highest BCUT2D eigenvalue weighted by Crippen LogP contribution is 2.21. The third-order valence-corrected chi connectivity index (χ3v) is 3.95. The van der Waals surface area contributed by atoms with Crippen LogP contribution in [0.25, 0.3) is 0 Å². The molecule has 0 aliphatic heterocycles. The fourth-order valence-corrected chi connectivity index (χ4v) is 2.60. The number of aryl methyl sites for hydroxylation is 1. The van der Waals surface area contributed by atoms with Gasteiger partial charge in [0.25, 0.3) is 0 Å². The fraction of sp³-hybridized carbons (Fsp3) is 0.353. The predicted octanol–water partition coefficient (Wildman–Crippen LogP) is 4.44. The molecule has 0 amide bonds. The largest absolute Gasteiger partial charge is 0.310 e. The summed E-state index contributed by atoms with van der Waals surface area (Å²) < 4.78 is 1.12. The Morgan fingerprint density at radius 3 is 2.60 bits per heavy atom. The van der Waals surface area contributed by atoms with E-state index in [0.29, 0.717) is 6.04 Å². The van der Waals surface area contributed by atoms with Crippen molar-refractivity contribution in [2.75, 3.05) is 6.54 Å². The molecular formula is C17H21BrN2. The highest BCUT2D eigenvalue weighted by atomic mass is 79.9. The maximum absolute atomic E-state index is 4.42. The second-order valence-electron chi connectivity index (χ2n) is 5.02. The van der Waals surface area contributed by atoms with Crippen LogP contribution in [0.15, 0.2) is 47.1 Å². The van der Waals surface area contributed by atoms with Crippen LogP contribution in [0, 0.1) is 6.92 Å². The number of halogens is 1. The van der Waals surface area contributed by atoms with Crippen LogP contribution in [0.5, 0.6) is 0 Å². The van der Waals surface area contributed by atoms with Crippen molar-refractivity contribution in [1.82, 2.24) is 10.3 Å². The van der Waals surface area contributed by atoms with Crippen molar-refractivity contribution in [3.63, 3.8) is 0 Å². The van der Waals surface area contributed by atoms with Gasteiger partial charge in [0, 0.05) is 22.4 Å². The molecule has 2 aromatic rings. The Morgan fingerprint density at radius 2 is 1.95 bits per heavy atom. The van der Waals surface area contributed by atoms with Crippen molar-refractivity contribution < 1.29 is 0 Å². The van der Waals surface area contributed by atoms with Gasteiger partial charge in [0.1, 0.15) is 0 Å². The molecule has 0 aliphatic carbocycles. The highest BCUT2D eigenvalue weighted by Gasteiger charge is 2.14. The first-order valence-corrected chi connectivity index (χ1v) is 7.89. The van der Waals surface area contributed by atoms with Gasteiger partial charge >= 0.3 is 0 Å². The number of hydrogen-bond donors (Lipinski definition) is 1. The molecule has 0 fully saturated rings. The minimum atomic E-state index is 0.324. The molecule has 20 heavy (non-hydrogen) atoms. The summed E-state index contributed by atoms with van der Waals surface area (Å²) in [5.74, 6) is 0. The van der Waals surface area contributed by atoms with Crippen LogP contribution in [0.1, 0.15) is 36.2 Å². The monoisotopic (exact) mass is 332 g/mol. The van der Waals surface area contributed by atoms with Crippen LogP contribution < -0.4 is 5.32 Å². The van der Waals surface area contributed by atoms with Gasteiger partial charge in [-0.15, -0.1) is 0 Å². The minimum Gasteiger partial charge on any atom is -0.310 e. The van der Waals surface area contributed by atoms with E-state index in [0.717, 1.165) is 29.6 Å². The van der Waals surface area contributed by atoms with Gasteiger partial charge < -0.3 is 5.32 Å². The number of benzene rings is 1. The standard InChI is InChI=1S/C17H21BrN2/c1-3-10-20-17(16-5-4-11-19-13(16)2)12-14-6-8-15(18)9-7-14/h4-9,11,17,20H,3,10,12H2,1-2H3. The number of pyridine rings is 1. The van der Waals surface area contributed by atoms with Gasteiger partial charge in [-0.25, -0.2) is 0 Å². The molecule has 1 unspecified atom stereocenters. The van der Waals surface area contributed by atoms with E-state index in [9.17, 15) is 0 Å². The Kier molecular flexibility index (Phi) is 5.74. The second-order valence-corrected chi connectivity index (χ2v) is 5.93. The fourth-order valence-electron chi connectivity index (χ4n) is 2.33. The second kappa shape index (κ2) is 7.55. The van der Waals surface area contributed by atoms with Gasteiger partial charge in [-0.2, -0.15) is 0 Å². The Balaban J connectivity index is 2.19. The first-order valence-electron chi connectivity index (χ1n) is 7.10. The van der Waals surface area contributed by atoms with Gasteiger partial charge in [0.15, 0.2) is 0 Å². The van der Waals surface area contributed by atoms with Crippen LogP contribution >= 0.6 is 15.9 Å². The molecule has 1 atom stereocenters. The van der Waals surface area contributed by atoms with Crippen molar-refractivity contribution in [3.05, 3.63) is 63.9 Å². The Hall–Kier alpha value is -1.19. The maximum Gasteiger partial charge on any atom is 0.0420 e. The highest BCUT2D eigenvalue weighted by molar-refractivity contribution is 9.10. The molecule has 2 nitrogen and oxygen atoms in total. The zero-order valence-corrected chi connectivity index (χ0v) is 13.7. The van der Waals surface area contributed by atoms with E-state index in [4.69, 9.17) is 0 Å². The number of nitrogens with zero attached hydrogens (tertiary/aromatic N) is 1. The third-order valence-electron chi connectivity index (χ3n) is 3.42. The van der Waals surface area contributed by atoms with Gasteiger partial charge in [0.05, 0.1) is 0 Å². The lowest BCUT2D eigenvalue weighted by Gasteiger charge is -2.20. The zero-order chi connectivity index (χ0) is 14.4. The van der Waals surface area contributed by atoms with E-state index in [1.165, 1.54) is 11.1 Å². The number of nitrogens with one attached hydrogen (secondary N) is 1. The summed E-state index contributed by atoms with van der Waals surface area (Å²) in [5, 5.41) is 3.64. The first kappa shape index (κ1) is 15.2. The lowest BCUT2D eigenvalue weighted by Crippen LogP contribution is -2.25. The van der Waals surface area contributed by atoms with Gasteiger partial charge in [-0.3, -0.25) is 4.98 Å². The Labute approximate surface area is 129 Å². The minimum absolute atomic E-state index is 0.324. The lowest BCUT2D eigenvalue weighted by atomic mass is 9.98. The number of hydrogen-bond acceptors (Lipinski definition) is 2. The Bertz CT molecular complexity index is 537. The average Bonchev–Trinajstić information content (AvgIpc) is 2.46. The molecule has 0 spiro atoms. The molecule has 1 N–H and O–H groups in total. The van der Waals surface area contributed by atoms with Gasteiger partial charge in [-0.1, -0.05) is 41.1 Å². The smallest absolute Gasteiger partial charge is 0.0420 e. The molecule has 3 heteroatoms. The zero-order valence-electron chi connectivity index (χ0n) is 12.1. The Morgan fingerprint density at radius 1 is 1.20 bits per heavy atom. The molecule has 0 saturated carbocycles. The summed E-state index contributed by atoms with van der Waals surface area (Å²) >= 11 is 3.48. The summed E-state index contributed by atoms with van der Waals surface area (Å²) in [4.78, 5) is 4.42. The molecule has 1 aromatic carbocycles. The normalized spacial score (nSPS) is 12.3. The summed E-state index contributed by atoms with van der Waals surface area (Å²) in [7, 11) is 0. The van der Waals surface area contributed by atoms with E-state index >= 15 is 0 Å². The van der Waals surface area contributed by atoms with Crippen molar-refractivity contribution in [1.29, 1.82) is 0 Å². The SMILES string of the molecule is CCCNC(Cc1ccc(Br)cc1)c1cccnc1C. The van der Waals surface area contributed by atoms with Crippen molar-refractivity contribution in [2.45, 2.75) is 32.7 Å². The first-order chi connectivity index (χ1) is 9.70. The maximum atomic E-state index is 4.42. The van der Waals surface area contributed by atoms with Crippen LogP contribution in [-0.2, 0) is 6.42 Å². The third kappa shape index (κ3) is 4.15.